The third-order valence-corrected chi connectivity index (χ3v) is 4.34. The van der Waals surface area contributed by atoms with Gasteiger partial charge in [-0.15, -0.1) is 0 Å². The molecule has 138 valence electrons. The van der Waals surface area contributed by atoms with Crippen molar-refractivity contribution >= 4 is 5.96 Å². The van der Waals surface area contributed by atoms with Gasteiger partial charge in [0.05, 0.1) is 20.8 Å². The molecule has 0 saturated heterocycles. The van der Waals surface area contributed by atoms with E-state index in [1.165, 1.54) is 5.56 Å². The van der Waals surface area contributed by atoms with Crippen LogP contribution in [-0.2, 0) is 13.0 Å². The highest BCUT2D eigenvalue weighted by molar-refractivity contribution is 5.79. The normalized spacial score (nSPS) is 15.8. The molecule has 2 aromatic carbocycles. The van der Waals surface area contributed by atoms with Crippen LogP contribution in [0.25, 0.3) is 0 Å². The minimum Gasteiger partial charge on any atom is -0.493 e. The maximum atomic E-state index is 5.94. The maximum absolute atomic E-state index is 5.94. The molecule has 1 heterocycles. The highest BCUT2D eigenvalue weighted by Gasteiger charge is 2.22. The summed E-state index contributed by atoms with van der Waals surface area (Å²) in [6.45, 7) is 1.33. The summed E-state index contributed by atoms with van der Waals surface area (Å²) in [4.78, 5) is 4.27. The molecule has 0 radical (unpaired) electrons. The van der Waals surface area contributed by atoms with Gasteiger partial charge in [0.2, 0.25) is 0 Å². The van der Waals surface area contributed by atoms with Gasteiger partial charge in [-0.05, 0) is 29.3 Å². The van der Waals surface area contributed by atoms with Crippen molar-refractivity contribution in [1.82, 2.24) is 10.6 Å². The van der Waals surface area contributed by atoms with Gasteiger partial charge in [-0.25, -0.2) is 0 Å². The van der Waals surface area contributed by atoms with Crippen molar-refractivity contribution in [1.29, 1.82) is 0 Å². The molecule has 0 amide bonds. The Morgan fingerprint density at radius 3 is 2.65 bits per heavy atom. The number of nitrogens with zero attached hydrogens (tertiary/aromatic N) is 1. The smallest absolute Gasteiger partial charge is 0.191 e. The first-order valence-electron chi connectivity index (χ1n) is 8.63. The molecule has 0 aromatic heterocycles. The van der Waals surface area contributed by atoms with Gasteiger partial charge in [-0.3, -0.25) is 4.99 Å². The molecular formula is C20H25N3O3. The molecule has 2 N–H and O–H groups in total. The van der Waals surface area contributed by atoms with Gasteiger partial charge in [-0.2, -0.15) is 0 Å². The van der Waals surface area contributed by atoms with E-state index in [-0.39, 0.29) is 6.10 Å². The second kappa shape index (κ2) is 8.47. The second-order valence-electron chi connectivity index (χ2n) is 6.05. The minimum atomic E-state index is 0.118. The number of hydrogen-bond acceptors (Lipinski definition) is 4. The molecule has 6 heteroatoms. The van der Waals surface area contributed by atoms with Crippen molar-refractivity contribution in [3.63, 3.8) is 0 Å². The summed E-state index contributed by atoms with van der Waals surface area (Å²) < 4.78 is 16.6. The Hall–Kier alpha value is -2.89. The number of aliphatic imine (C=N–C) groups is 1. The standard InChI is InChI=1S/C20H25N3O3/c1-21-20(22-12-14-8-9-18(24-2)19(10-14)25-3)23-13-16-11-15-6-4-5-7-17(15)26-16/h4-10,16H,11-13H2,1-3H3,(H2,21,22,23). The fourth-order valence-corrected chi connectivity index (χ4v) is 2.98. The molecule has 6 nitrogen and oxygen atoms in total. The average molecular weight is 355 g/mol. The lowest BCUT2D eigenvalue weighted by Crippen LogP contribution is -2.41. The summed E-state index contributed by atoms with van der Waals surface area (Å²) in [6.07, 6.45) is 1.03. The quantitative estimate of drug-likeness (QED) is 0.615. The van der Waals surface area contributed by atoms with E-state index in [0.29, 0.717) is 18.8 Å². The zero-order valence-electron chi connectivity index (χ0n) is 15.4. The van der Waals surface area contributed by atoms with Crippen LogP contribution in [0, 0.1) is 0 Å². The van der Waals surface area contributed by atoms with Crippen LogP contribution in [0.5, 0.6) is 17.2 Å². The van der Waals surface area contributed by atoms with E-state index < -0.39 is 0 Å². The van der Waals surface area contributed by atoms with Crippen molar-refractivity contribution in [2.24, 2.45) is 4.99 Å². The van der Waals surface area contributed by atoms with E-state index in [2.05, 4.69) is 21.7 Å². The Kier molecular flexibility index (Phi) is 5.84. The molecule has 2 aromatic rings. The number of para-hydroxylation sites is 1. The summed E-state index contributed by atoms with van der Waals surface area (Å²) in [7, 11) is 5.02. The highest BCUT2D eigenvalue weighted by Crippen LogP contribution is 2.28. The van der Waals surface area contributed by atoms with E-state index in [1.807, 2.05) is 36.4 Å². The maximum Gasteiger partial charge on any atom is 0.191 e. The summed E-state index contributed by atoms with van der Waals surface area (Å²) in [6, 6.07) is 14.0. The molecule has 1 aliphatic heterocycles. The number of methoxy groups -OCH3 is 2. The molecular weight excluding hydrogens is 330 g/mol. The lowest BCUT2D eigenvalue weighted by molar-refractivity contribution is 0.235. The van der Waals surface area contributed by atoms with Gasteiger partial charge in [0.25, 0.3) is 0 Å². The second-order valence-corrected chi connectivity index (χ2v) is 6.05. The van der Waals surface area contributed by atoms with Crippen LogP contribution in [0.2, 0.25) is 0 Å². The summed E-state index contributed by atoms with van der Waals surface area (Å²) in [5.74, 6) is 3.15. The number of fused-ring (bicyclic) bond motifs is 1. The predicted molar refractivity (Wildman–Crippen MR) is 102 cm³/mol. The molecule has 0 aliphatic carbocycles. The van der Waals surface area contributed by atoms with Gasteiger partial charge in [0.15, 0.2) is 17.5 Å². The fraction of sp³-hybridized carbons (Fsp3) is 0.350. The van der Waals surface area contributed by atoms with Crippen LogP contribution in [-0.4, -0.2) is 39.9 Å². The Balaban J connectivity index is 1.50. The number of benzene rings is 2. The molecule has 1 unspecified atom stereocenters. The fourth-order valence-electron chi connectivity index (χ4n) is 2.98. The Morgan fingerprint density at radius 2 is 1.92 bits per heavy atom. The summed E-state index contributed by atoms with van der Waals surface area (Å²) in [5, 5.41) is 6.63. The number of hydrogen-bond donors (Lipinski definition) is 2. The summed E-state index contributed by atoms with van der Waals surface area (Å²) in [5.41, 5.74) is 2.34. The van der Waals surface area contributed by atoms with Crippen LogP contribution in [0.3, 0.4) is 0 Å². The van der Waals surface area contributed by atoms with Gasteiger partial charge in [0, 0.05) is 20.0 Å². The van der Waals surface area contributed by atoms with Crippen molar-refractivity contribution < 1.29 is 14.2 Å². The van der Waals surface area contributed by atoms with Gasteiger partial charge >= 0.3 is 0 Å². The first-order chi connectivity index (χ1) is 12.7. The van der Waals surface area contributed by atoms with Crippen molar-refractivity contribution in [2.75, 3.05) is 27.8 Å². The Morgan fingerprint density at radius 1 is 1.12 bits per heavy atom. The zero-order chi connectivity index (χ0) is 18.4. The molecule has 1 atom stereocenters. The first kappa shape index (κ1) is 17.9. The molecule has 0 bridgehead atoms. The molecule has 3 rings (SSSR count). The van der Waals surface area contributed by atoms with E-state index >= 15 is 0 Å². The van der Waals surface area contributed by atoms with E-state index in [1.54, 1.807) is 21.3 Å². The average Bonchev–Trinajstić information content (AvgIpc) is 3.10. The van der Waals surface area contributed by atoms with Gasteiger partial charge in [0.1, 0.15) is 11.9 Å². The van der Waals surface area contributed by atoms with Crippen molar-refractivity contribution in [3.05, 3.63) is 53.6 Å². The lowest BCUT2D eigenvalue weighted by atomic mass is 10.1. The first-order valence-corrected chi connectivity index (χ1v) is 8.63. The van der Waals surface area contributed by atoms with Gasteiger partial charge < -0.3 is 24.8 Å². The highest BCUT2D eigenvalue weighted by atomic mass is 16.5. The van der Waals surface area contributed by atoms with E-state index in [0.717, 1.165) is 29.4 Å². The van der Waals surface area contributed by atoms with Crippen LogP contribution >= 0.6 is 0 Å². The molecule has 0 saturated carbocycles. The van der Waals surface area contributed by atoms with Gasteiger partial charge in [-0.1, -0.05) is 24.3 Å². The van der Waals surface area contributed by atoms with Crippen LogP contribution in [0.15, 0.2) is 47.5 Å². The molecule has 26 heavy (non-hydrogen) atoms. The van der Waals surface area contributed by atoms with Crippen LogP contribution < -0.4 is 24.8 Å². The van der Waals surface area contributed by atoms with Crippen molar-refractivity contribution in [3.8, 4) is 17.2 Å². The summed E-state index contributed by atoms with van der Waals surface area (Å²) >= 11 is 0. The van der Waals surface area contributed by atoms with Crippen molar-refractivity contribution in [2.45, 2.75) is 19.1 Å². The Bertz CT molecular complexity index is 752. The third-order valence-electron chi connectivity index (χ3n) is 4.34. The molecule has 0 fully saturated rings. The van der Waals surface area contributed by atoms with Crippen LogP contribution in [0.1, 0.15) is 11.1 Å². The predicted octanol–water partition coefficient (Wildman–Crippen LogP) is 2.37. The number of ether oxygens (including phenoxy) is 3. The number of nitrogens with one attached hydrogen (secondary N) is 2. The molecule has 1 aliphatic rings. The third kappa shape index (κ3) is 4.20. The van der Waals surface area contributed by atoms with E-state index in [9.17, 15) is 0 Å². The Labute approximate surface area is 154 Å². The molecule has 0 spiro atoms. The largest absolute Gasteiger partial charge is 0.493 e. The zero-order valence-corrected chi connectivity index (χ0v) is 15.4. The van der Waals surface area contributed by atoms with E-state index in [4.69, 9.17) is 14.2 Å². The SMILES string of the molecule is CN=C(NCc1ccc(OC)c(OC)c1)NCC1Cc2ccccc2O1. The number of guanidine groups is 1. The van der Waals surface area contributed by atoms with Crippen LogP contribution in [0.4, 0.5) is 0 Å². The topological polar surface area (TPSA) is 64.1 Å². The minimum absolute atomic E-state index is 0.118. The lowest BCUT2D eigenvalue weighted by Gasteiger charge is -2.16. The monoisotopic (exact) mass is 355 g/mol. The number of rotatable bonds is 6.